The van der Waals surface area contributed by atoms with Crippen LogP contribution in [0.25, 0.3) is 10.9 Å². The molecule has 3 aromatic rings. The van der Waals surface area contributed by atoms with Crippen LogP contribution in [-0.4, -0.2) is 12.0 Å². The van der Waals surface area contributed by atoms with Crippen molar-refractivity contribution in [1.82, 2.24) is 10.3 Å². The van der Waals surface area contributed by atoms with E-state index in [1.807, 2.05) is 31.3 Å². The summed E-state index contributed by atoms with van der Waals surface area (Å²) in [7, 11) is 1.96. The van der Waals surface area contributed by atoms with Crippen LogP contribution in [0.5, 0.6) is 0 Å². The molecule has 2 heterocycles. The summed E-state index contributed by atoms with van der Waals surface area (Å²) in [6.45, 7) is 0. The van der Waals surface area contributed by atoms with Crippen LogP contribution in [0.3, 0.4) is 0 Å². The van der Waals surface area contributed by atoms with Gasteiger partial charge in [0.25, 0.3) is 0 Å². The van der Waals surface area contributed by atoms with Crippen molar-refractivity contribution in [2.24, 2.45) is 0 Å². The fraction of sp³-hybridized carbons (Fsp3) is 0.188. The minimum atomic E-state index is 0.229. The topological polar surface area (TPSA) is 38.1 Å². The summed E-state index contributed by atoms with van der Waals surface area (Å²) in [5.74, 6) is 0. The van der Waals surface area contributed by atoms with Crippen LogP contribution >= 0.6 is 0 Å². The van der Waals surface area contributed by atoms with Crippen LogP contribution in [0.2, 0.25) is 0 Å². The fourth-order valence-corrected chi connectivity index (χ4v) is 2.29. The Morgan fingerprint density at radius 3 is 2.84 bits per heavy atom. The normalized spacial score (nSPS) is 12.7. The highest BCUT2D eigenvalue weighted by Gasteiger charge is 2.12. The van der Waals surface area contributed by atoms with Crippen molar-refractivity contribution in [3.05, 3.63) is 66.2 Å². The van der Waals surface area contributed by atoms with Crippen LogP contribution in [0.4, 0.5) is 0 Å². The van der Waals surface area contributed by atoms with Crippen LogP contribution in [-0.2, 0) is 6.42 Å². The summed E-state index contributed by atoms with van der Waals surface area (Å²) in [4.78, 5) is 4.70. The second-order valence-corrected chi connectivity index (χ2v) is 4.60. The van der Waals surface area contributed by atoms with Gasteiger partial charge in [-0.2, -0.15) is 0 Å². The van der Waals surface area contributed by atoms with Gasteiger partial charge in [-0.1, -0.05) is 24.3 Å². The first-order chi connectivity index (χ1) is 9.36. The fourth-order valence-electron chi connectivity index (χ4n) is 2.29. The van der Waals surface area contributed by atoms with Gasteiger partial charge in [0.15, 0.2) is 0 Å². The number of likely N-dealkylation sites (N-methyl/N-ethyl adjacent to an activating group) is 1. The molecule has 0 saturated carbocycles. The van der Waals surface area contributed by atoms with E-state index in [0.29, 0.717) is 0 Å². The Kier molecular flexibility index (Phi) is 3.29. The van der Waals surface area contributed by atoms with E-state index in [2.05, 4.69) is 23.5 Å². The number of benzene rings is 1. The van der Waals surface area contributed by atoms with Gasteiger partial charge in [0.1, 0.15) is 0 Å². The lowest BCUT2D eigenvalue weighted by atomic mass is 10.0. The van der Waals surface area contributed by atoms with E-state index >= 15 is 0 Å². The van der Waals surface area contributed by atoms with Crippen molar-refractivity contribution in [3.8, 4) is 0 Å². The predicted molar refractivity (Wildman–Crippen MR) is 76.0 cm³/mol. The Morgan fingerprint density at radius 2 is 2.05 bits per heavy atom. The molecule has 3 heteroatoms. The lowest BCUT2D eigenvalue weighted by Gasteiger charge is -2.14. The van der Waals surface area contributed by atoms with E-state index in [-0.39, 0.29) is 6.04 Å². The Bertz CT molecular complexity index is 661. The molecular weight excluding hydrogens is 236 g/mol. The molecule has 1 aromatic carbocycles. The van der Waals surface area contributed by atoms with Crippen molar-refractivity contribution in [1.29, 1.82) is 0 Å². The highest BCUT2D eigenvalue weighted by Crippen LogP contribution is 2.19. The summed E-state index contributed by atoms with van der Waals surface area (Å²) in [5.41, 5.74) is 3.28. The molecule has 0 aliphatic heterocycles. The van der Waals surface area contributed by atoms with Gasteiger partial charge in [-0.15, -0.1) is 0 Å². The van der Waals surface area contributed by atoms with Gasteiger partial charge in [-0.25, -0.2) is 0 Å². The second kappa shape index (κ2) is 5.24. The van der Waals surface area contributed by atoms with Gasteiger partial charge in [-0.3, -0.25) is 4.98 Å². The quantitative estimate of drug-likeness (QED) is 0.774. The Hall–Kier alpha value is -2.13. The molecular formula is C16H16N2O. The van der Waals surface area contributed by atoms with Crippen molar-refractivity contribution in [2.45, 2.75) is 12.5 Å². The van der Waals surface area contributed by atoms with Gasteiger partial charge in [0, 0.05) is 29.1 Å². The molecule has 1 atom stereocenters. The lowest BCUT2D eigenvalue weighted by molar-refractivity contribution is 0.540. The van der Waals surface area contributed by atoms with Gasteiger partial charge in [0.05, 0.1) is 18.0 Å². The zero-order valence-corrected chi connectivity index (χ0v) is 10.8. The summed E-state index contributed by atoms with van der Waals surface area (Å²) in [6.07, 6.45) is 4.33. The molecule has 3 rings (SSSR count). The van der Waals surface area contributed by atoms with Crippen molar-refractivity contribution in [2.75, 3.05) is 7.05 Å². The highest BCUT2D eigenvalue weighted by atomic mass is 16.3. The average molecular weight is 252 g/mol. The number of fused-ring (bicyclic) bond motifs is 1. The number of furan rings is 1. The number of nitrogens with one attached hydrogen (secondary N) is 1. The molecule has 96 valence electrons. The Balaban J connectivity index is 1.88. The van der Waals surface area contributed by atoms with Crippen LogP contribution in [0.1, 0.15) is 17.3 Å². The summed E-state index contributed by atoms with van der Waals surface area (Å²) in [5, 5.41) is 4.48. The lowest BCUT2D eigenvalue weighted by Crippen LogP contribution is -2.18. The van der Waals surface area contributed by atoms with E-state index in [4.69, 9.17) is 9.40 Å². The maximum absolute atomic E-state index is 5.14. The molecule has 19 heavy (non-hydrogen) atoms. The summed E-state index contributed by atoms with van der Waals surface area (Å²) >= 11 is 0. The first-order valence-electron chi connectivity index (χ1n) is 6.41. The number of hydrogen-bond donors (Lipinski definition) is 1. The number of rotatable bonds is 4. The first-order valence-corrected chi connectivity index (χ1v) is 6.41. The third-order valence-electron chi connectivity index (χ3n) is 3.36. The number of aromatic nitrogens is 1. The molecule has 1 unspecified atom stereocenters. The second-order valence-electron chi connectivity index (χ2n) is 4.60. The molecule has 0 aliphatic carbocycles. The minimum absolute atomic E-state index is 0.229. The van der Waals surface area contributed by atoms with Gasteiger partial charge in [0.2, 0.25) is 0 Å². The van der Waals surface area contributed by atoms with Crippen molar-refractivity contribution in [3.63, 3.8) is 0 Å². The Morgan fingerprint density at radius 1 is 1.16 bits per heavy atom. The van der Waals surface area contributed by atoms with E-state index < -0.39 is 0 Å². The molecule has 0 radical (unpaired) electrons. The van der Waals surface area contributed by atoms with Gasteiger partial charge in [-0.05, 0) is 25.2 Å². The number of pyridine rings is 1. The first kappa shape index (κ1) is 11.9. The molecule has 0 amide bonds. The summed E-state index contributed by atoms with van der Waals surface area (Å²) < 4.78 is 5.14. The summed E-state index contributed by atoms with van der Waals surface area (Å²) in [6, 6.07) is 14.6. The highest BCUT2D eigenvalue weighted by molar-refractivity contribution is 5.78. The van der Waals surface area contributed by atoms with E-state index in [0.717, 1.165) is 23.2 Å². The average Bonchev–Trinajstić information content (AvgIpc) is 2.98. The van der Waals surface area contributed by atoms with E-state index in [1.54, 1.807) is 12.5 Å². The monoisotopic (exact) mass is 252 g/mol. The molecule has 3 nitrogen and oxygen atoms in total. The molecule has 2 aromatic heterocycles. The van der Waals surface area contributed by atoms with Crippen molar-refractivity contribution < 1.29 is 4.42 Å². The molecule has 0 spiro atoms. The SMILES string of the molecule is CNC(Cc1ccc2ccccc2n1)c1ccoc1. The van der Waals surface area contributed by atoms with E-state index in [9.17, 15) is 0 Å². The standard InChI is InChI=1S/C16H16N2O/c1-17-16(13-8-9-19-11-13)10-14-7-6-12-4-2-3-5-15(12)18-14/h2-9,11,16-17H,10H2,1H3. The van der Waals surface area contributed by atoms with Crippen molar-refractivity contribution >= 4 is 10.9 Å². The molecule has 0 bridgehead atoms. The third-order valence-corrected chi connectivity index (χ3v) is 3.36. The zero-order chi connectivity index (χ0) is 13.1. The van der Waals surface area contributed by atoms with E-state index in [1.165, 1.54) is 5.39 Å². The minimum Gasteiger partial charge on any atom is -0.472 e. The molecule has 1 N–H and O–H groups in total. The molecule has 0 saturated heterocycles. The predicted octanol–water partition coefficient (Wildman–Crippen LogP) is 3.33. The number of hydrogen-bond acceptors (Lipinski definition) is 3. The largest absolute Gasteiger partial charge is 0.472 e. The van der Waals surface area contributed by atoms with Crippen LogP contribution in [0.15, 0.2) is 59.4 Å². The van der Waals surface area contributed by atoms with Crippen LogP contribution in [0, 0.1) is 0 Å². The number of para-hydroxylation sites is 1. The molecule has 0 fully saturated rings. The van der Waals surface area contributed by atoms with Crippen LogP contribution < -0.4 is 5.32 Å². The number of nitrogens with zero attached hydrogens (tertiary/aromatic N) is 1. The third kappa shape index (κ3) is 2.51. The zero-order valence-electron chi connectivity index (χ0n) is 10.8. The maximum atomic E-state index is 5.14. The van der Waals surface area contributed by atoms with Gasteiger partial charge < -0.3 is 9.73 Å². The Labute approximate surface area is 112 Å². The van der Waals surface area contributed by atoms with Gasteiger partial charge >= 0.3 is 0 Å². The smallest absolute Gasteiger partial charge is 0.0950 e. The molecule has 0 aliphatic rings. The maximum Gasteiger partial charge on any atom is 0.0950 e.